The Kier molecular flexibility index (Phi) is 4.07. The first-order valence-corrected chi connectivity index (χ1v) is 8.59. The second-order valence-electron chi connectivity index (χ2n) is 4.44. The fourth-order valence-corrected chi connectivity index (χ4v) is 3.66. The van der Waals surface area contributed by atoms with Crippen LogP contribution in [0.25, 0.3) is 0 Å². The number of fused-ring (bicyclic) bond motifs is 3. The van der Waals surface area contributed by atoms with E-state index in [2.05, 4.69) is 50.1 Å². The topological polar surface area (TPSA) is 51.1 Å². The van der Waals surface area contributed by atoms with Gasteiger partial charge in [-0.1, -0.05) is 45.2 Å². The highest BCUT2D eigenvalue weighted by atomic mass is 127. The van der Waals surface area contributed by atoms with Gasteiger partial charge in [0.2, 0.25) is 0 Å². The summed E-state index contributed by atoms with van der Waals surface area (Å²) in [5.41, 5.74) is 1.38. The second kappa shape index (κ2) is 5.66. The summed E-state index contributed by atoms with van der Waals surface area (Å²) >= 11 is 4.73. The molecule has 5 nitrogen and oxygen atoms in total. The Morgan fingerprint density at radius 1 is 1.50 bits per heavy atom. The predicted octanol–water partition coefficient (Wildman–Crippen LogP) is 2.45. The number of amidine groups is 1. The number of hydrogen-bond acceptors (Lipinski definition) is 5. The number of halogens is 2. The maximum atomic E-state index is 11.7. The molecule has 106 valence electrons. The Morgan fingerprint density at radius 2 is 2.30 bits per heavy atom. The first-order valence-electron chi connectivity index (χ1n) is 6.10. The van der Waals surface area contributed by atoms with Crippen LogP contribution in [-0.2, 0) is 4.74 Å². The molecule has 0 spiro atoms. The van der Waals surface area contributed by atoms with Gasteiger partial charge in [-0.25, -0.2) is 4.79 Å². The van der Waals surface area contributed by atoms with E-state index in [1.807, 2.05) is 6.07 Å². The molecule has 2 atom stereocenters. The number of aliphatic imine (C=N–C) groups is 1. The summed E-state index contributed by atoms with van der Waals surface area (Å²) in [7, 11) is 1.38. The van der Waals surface area contributed by atoms with Gasteiger partial charge in [-0.2, -0.15) is 0 Å². The number of rotatable bonds is 1. The van der Waals surface area contributed by atoms with Gasteiger partial charge in [-0.05, 0) is 18.2 Å². The molecule has 1 aromatic carbocycles. The van der Waals surface area contributed by atoms with Gasteiger partial charge in [0.15, 0.2) is 0 Å². The zero-order valence-corrected chi connectivity index (χ0v) is 15.0. The van der Waals surface area contributed by atoms with Gasteiger partial charge in [0.25, 0.3) is 0 Å². The molecule has 2 aliphatic rings. The lowest BCUT2D eigenvalue weighted by atomic mass is 10.1. The van der Waals surface area contributed by atoms with Gasteiger partial charge in [-0.3, -0.25) is 4.99 Å². The average Bonchev–Trinajstić information content (AvgIpc) is 2.64. The Hall–Kier alpha value is -0.580. The van der Waals surface area contributed by atoms with Crippen molar-refractivity contribution in [1.82, 2.24) is 4.90 Å². The van der Waals surface area contributed by atoms with Crippen LogP contribution in [0.1, 0.15) is 15.9 Å². The maximum absolute atomic E-state index is 11.7. The van der Waals surface area contributed by atoms with Crippen LogP contribution >= 0.6 is 45.2 Å². The molecular formula is C13H12I2N2O3. The van der Waals surface area contributed by atoms with Crippen LogP contribution in [0.5, 0.6) is 5.75 Å². The van der Waals surface area contributed by atoms with Crippen molar-refractivity contribution in [2.75, 3.05) is 20.3 Å². The van der Waals surface area contributed by atoms with E-state index in [4.69, 9.17) is 14.5 Å². The van der Waals surface area contributed by atoms with E-state index in [0.29, 0.717) is 16.2 Å². The third kappa shape index (κ3) is 2.38. The van der Waals surface area contributed by atoms with Crippen LogP contribution in [0, 0.1) is 0 Å². The fraction of sp³-hybridized carbons (Fsp3) is 0.385. The van der Waals surface area contributed by atoms with Gasteiger partial charge in [-0.15, -0.1) is 0 Å². The quantitative estimate of drug-likeness (QED) is 0.259. The number of carbonyl (C=O) groups excluding carboxylic acids is 1. The molecule has 0 bridgehead atoms. The zero-order valence-electron chi connectivity index (χ0n) is 10.7. The Labute approximate surface area is 144 Å². The van der Waals surface area contributed by atoms with Crippen molar-refractivity contribution in [1.29, 1.82) is 0 Å². The summed E-state index contributed by atoms with van der Waals surface area (Å²) in [6, 6.07) is 5.34. The van der Waals surface area contributed by atoms with E-state index in [0.717, 1.165) is 23.7 Å². The molecule has 0 fully saturated rings. The minimum absolute atomic E-state index is 0.205. The van der Waals surface area contributed by atoms with Crippen molar-refractivity contribution < 1.29 is 14.3 Å². The van der Waals surface area contributed by atoms with E-state index in [1.54, 1.807) is 12.1 Å². The van der Waals surface area contributed by atoms with Crippen molar-refractivity contribution in [3.63, 3.8) is 0 Å². The summed E-state index contributed by atoms with van der Waals surface area (Å²) in [6.07, 6.45) is 0. The molecule has 0 amide bonds. The summed E-state index contributed by atoms with van der Waals surface area (Å²) < 4.78 is 11.0. The Bertz CT molecular complexity index is 591. The van der Waals surface area contributed by atoms with Crippen LogP contribution in [0.15, 0.2) is 23.2 Å². The SMILES string of the molecule is COC(=O)c1ccc2c(c1)C1=NC(I)C(I)N1CCO2. The lowest BCUT2D eigenvalue weighted by Gasteiger charge is -2.22. The maximum Gasteiger partial charge on any atom is 0.337 e. The number of alkyl halides is 2. The molecule has 20 heavy (non-hydrogen) atoms. The first-order chi connectivity index (χ1) is 9.61. The molecule has 0 saturated heterocycles. The van der Waals surface area contributed by atoms with E-state index < -0.39 is 0 Å². The normalized spacial score (nSPS) is 24.1. The molecule has 1 aromatic rings. The summed E-state index contributed by atoms with van der Waals surface area (Å²) in [4.78, 5) is 18.6. The van der Waals surface area contributed by atoms with Gasteiger partial charge in [0, 0.05) is 0 Å². The average molecular weight is 498 g/mol. The summed E-state index contributed by atoms with van der Waals surface area (Å²) in [5, 5.41) is 0. The molecule has 0 aliphatic carbocycles. The molecule has 0 N–H and O–H groups in total. The van der Waals surface area contributed by atoms with Crippen molar-refractivity contribution >= 4 is 57.0 Å². The van der Waals surface area contributed by atoms with Crippen molar-refractivity contribution in [3.05, 3.63) is 29.3 Å². The molecule has 7 heteroatoms. The number of methoxy groups -OCH3 is 1. The molecule has 2 heterocycles. The lowest BCUT2D eigenvalue weighted by Crippen LogP contribution is -2.36. The Morgan fingerprint density at radius 3 is 3.05 bits per heavy atom. The fourth-order valence-electron chi connectivity index (χ4n) is 2.30. The van der Waals surface area contributed by atoms with Gasteiger partial charge in [0.05, 0.1) is 24.8 Å². The second-order valence-corrected chi connectivity index (χ2v) is 6.99. The van der Waals surface area contributed by atoms with E-state index in [-0.39, 0.29) is 10.0 Å². The third-order valence-corrected chi connectivity index (χ3v) is 6.96. The number of benzene rings is 1. The highest BCUT2D eigenvalue weighted by Gasteiger charge is 2.36. The predicted molar refractivity (Wildman–Crippen MR) is 92.1 cm³/mol. The van der Waals surface area contributed by atoms with Crippen LogP contribution in [0.2, 0.25) is 0 Å². The van der Waals surface area contributed by atoms with E-state index in [9.17, 15) is 4.79 Å². The third-order valence-electron chi connectivity index (χ3n) is 3.27. The monoisotopic (exact) mass is 498 g/mol. The number of nitrogens with zero attached hydrogens (tertiary/aromatic N) is 2. The smallest absolute Gasteiger partial charge is 0.337 e. The van der Waals surface area contributed by atoms with Crippen LogP contribution in [0.4, 0.5) is 0 Å². The minimum atomic E-state index is -0.348. The number of ether oxygens (including phenoxy) is 2. The van der Waals surface area contributed by atoms with E-state index in [1.165, 1.54) is 7.11 Å². The lowest BCUT2D eigenvalue weighted by molar-refractivity contribution is 0.0600. The number of esters is 1. The molecule has 0 aromatic heterocycles. The minimum Gasteiger partial charge on any atom is -0.491 e. The summed E-state index contributed by atoms with van der Waals surface area (Å²) in [6.45, 7) is 1.42. The van der Waals surface area contributed by atoms with Crippen molar-refractivity contribution in [2.24, 2.45) is 4.99 Å². The molecule has 0 radical (unpaired) electrons. The van der Waals surface area contributed by atoms with Gasteiger partial charge >= 0.3 is 5.97 Å². The molecule has 2 unspecified atom stereocenters. The van der Waals surface area contributed by atoms with Crippen molar-refractivity contribution in [3.8, 4) is 5.75 Å². The highest BCUT2D eigenvalue weighted by Crippen LogP contribution is 2.34. The number of carbonyl (C=O) groups is 1. The standard InChI is InChI=1S/C13H12I2N2O3/c1-19-13(18)7-2-3-9-8(6-7)12-16-10(14)11(15)17(12)4-5-20-9/h2-3,6,10-11H,4-5H2,1H3. The van der Waals surface area contributed by atoms with Crippen LogP contribution < -0.4 is 4.74 Å². The van der Waals surface area contributed by atoms with Crippen molar-refractivity contribution in [2.45, 2.75) is 8.10 Å². The molecular weight excluding hydrogens is 486 g/mol. The molecule has 3 rings (SSSR count). The largest absolute Gasteiger partial charge is 0.491 e. The molecule has 2 aliphatic heterocycles. The summed E-state index contributed by atoms with van der Waals surface area (Å²) in [5.74, 6) is 1.33. The van der Waals surface area contributed by atoms with Crippen LogP contribution in [0.3, 0.4) is 0 Å². The highest BCUT2D eigenvalue weighted by molar-refractivity contribution is 14.1. The van der Waals surface area contributed by atoms with Crippen LogP contribution in [-0.4, -0.2) is 45.1 Å². The van der Waals surface area contributed by atoms with Gasteiger partial charge < -0.3 is 14.4 Å². The van der Waals surface area contributed by atoms with E-state index >= 15 is 0 Å². The molecule has 0 saturated carbocycles. The zero-order chi connectivity index (χ0) is 14.3. The number of hydrogen-bond donors (Lipinski definition) is 0. The Balaban J connectivity index is 2.09. The van der Waals surface area contributed by atoms with Gasteiger partial charge in [0.1, 0.15) is 26.3 Å². The first kappa shape index (κ1) is 14.4.